The third-order valence-electron chi connectivity index (χ3n) is 4.74. The number of likely N-dealkylation sites (N-methyl/N-ethyl adjacent to an activating group) is 2. The van der Waals surface area contributed by atoms with Crippen LogP contribution in [0.5, 0.6) is 11.5 Å². The average molecular weight is 464 g/mol. The molecule has 0 aliphatic heterocycles. The van der Waals surface area contributed by atoms with Crippen molar-refractivity contribution in [2.45, 2.75) is 40.8 Å². The van der Waals surface area contributed by atoms with Crippen molar-refractivity contribution in [3.63, 3.8) is 0 Å². The van der Waals surface area contributed by atoms with Crippen LogP contribution < -0.4 is 20.4 Å². The van der Waals surface area contributed by atoms with Gasteiger partial charge in [0.2, 0.25) is 0 Å². The van der Waals surface area contributed by atoms with E-state index in [-0.39, 0.29) is 33.2 Å². The van der Waals surface area contributed by atoms with Crippen molar-refractivity contribution in [3.05, 3.63) is 57.6 Å². The van der Waals surface area contributed by atoms with E-state index in [4.69, 9.17) is 10.2 Å². The van der Waals surface area contributed by atoms with Gasteiger partial charge in [-0.3, -0.25) is 0 Å². The van der Waals surface area contributed by atoms with Gasteiger partial charge in [-0.05, 0) is 52.9 Å². The van der Waals surface area contributed by atoms with Gasteiger partial charge >= 0.3 is 21.7 Å². The minimum absolute atomic E-state index is 0. The first-order valence-corrected chi connectivity index (χ1v) is 9.90. The molecular weight excluding hydrogens is 428 g/mol. The molecule has 6 nitrogen and oxygen atoms in total. The largest absolute Gasteiger partial charge is 4.00 e. The van der Waals surface area contributed by atoms with Crippen LogP contribution in [-0.4, -0.2) is 51.2 Å². The molecule has 0 spiro atoms. The zero-order valence-corrected chi connectivity index (χ0v) is 21.7. The first kappa shape index (κ1) is 31.8. The molecular formula is C24H36N2O4Ti. The van der Waals surface area contributed by atoms with Crippen LogP contribution in [0.3, 0.4) is 0 Å². The van der Waals surface area contributed by atoms with Crippen LogP contribution in [0.15, 0.2) is 24.3 Å². The molecule has 31 heavy (non-hydrogen) atoms. The average Bonchev–Trinajstić information content (AvgIpc) is 2.71. The zero-order chi connectivity index (χ0) is 23.4. The fourth-order valence-electron chi connectivity index (χ4n) is 3.40. The molecule has 0 unspecified atom stereocenters. The predicted molar refractivity (Wildman–Crippen MR) is 115 cm³/mol. The second-order valence-electron chi connectivity index (χ2n) is 7.62. The third-order valence-corrected chi connectivity index (χ3v) is 4.74. The molecule has 0 aliphatic carbocycles. The van der Waals surface area contributed by atoms with Crippen LogP contribution in [0.25, 0.3) is 0 Å². The molecule has 7 heteroatoms. The summed E-state index contributed by atoms with van der Waals surface area (Å²) in [6.45, 7) is 10.7. The van der Waals surface area contributed by atoms with Crippen molar-refractivity contribution >= 4 is 0 Å². The van der Waals surface area contributed by atoms with Crippen LogP contribution in [0.2, 0.25) is 0 Å². The summed E-state index contributed by atoms with van der Waals surface area (Å²) in [6, 6.07) is 7.83. The minimum atomic E-state index is 0. The van der Waals surface area contributed by atoms with Crippen molar-refractivity contribution in [2.75, 3.05) is 41.4 Å². The molecule has 0 amide bonds. The van der Waals surface area contributed by atoms with Gasteiger partial charge in [0, 0.05) is 26.2 Å². The van der Waals surface area contributed by atoms with E-state index in [2.05, 4.69) is 9.80 Å². The fourth-order valence-corrected chi connectivity index (χ4v) is 3.40. The Morgan fingerprint density at radius 3 is 1.19 bits per heavy atom. The van der Waals surface area contributed by atoms with Gasteiger partial charge in [0.05, 0.1) is 0 Å². The standard InChI is InChI=1S/C22H32N2O2.2CH3O.Ti/c1-15-9-17(3)21(25)19(11-15)13-23(5)7-8-24(6)14-20-12-16(2)10-18(4)22(20)26;2*1-2;/h9-12,25-26H,7-8,13-14H2,1-6H3;2*1H3;/q;2*-1;+4/p-2. The van der Waals surface area contributed by atoms with Gasteiger partial charge in [0.25, 0.3) is 0 Å². The Kier molecular flexibility index (Phi) is 16.7. The van der Waals surface area contributed by atoms with Crippen LogP contribution in [0.1, 0.15) is 33.4 Å². The molecule has 0 saturated carbocycles. The van der Waals surface area contributed by atoms with Crippen molar-refractivity contribution in [3.8, 4) is 11.5 Å². The minimum Gasteiger partial charge on any atom is -0.872 e. The molecule has 2 aromatic rings. The van der Waals surface area contributed by atoms with E-state index >= 15 is 0 Å². The SMILES string of the molecule is C[O-].C[O-].Cc1cc(C)c([O-])c(CN(C)CCN(C)Cc2cc(C)cc(C)c2[O-])c1.[Ti+4]. The van der Waals surface area contributed by atoms with Crippen LogP contribution in [-0.2, 0) is 34.8 Å². The number of benzene rings is 2. The Morgan fingerprint density at radius 1 is 0.613 bits per heavy atom. The zero-order valence-electron chi connectivity index (χ0n) is 20.2. The molecule has 0 aliphatic rings. The van der Waals surface area contributed by atoms with E-state index in [1.165, 1.54) is 0 Å². The Balaban J connectivity index is 0. The molecule has 0 atom stereocenters. The van der Waals surface area contributed by atoms with Crippen LogP contribution in [0.4, 0.5) is 0 Å². The predicted octanol–water partition coefficient (Wildman–Crippen LogP) is 0.582. The smallest absolute Gasteiger partial charge is 0.872 e. The van der Waals surface area contributed by atoms with Crippen molar-refractivity contribution in [2.24, 2.45) is 0 Å². The quantitative estimate of drug-likeness (QED) is 0.556. The molecule has 0 aromatic heterocycles. The van der Waals surface area contributed by atoms with Crippen molar-refractivity contribution in [1.82, 2.24) is 9.80 Å². The summed E-state index contributed by atoms with van der Waals surface area (Å²) in [7, 11) is 5.56. The monoisotopic (exact) mass is 464 g/mol. The number of nitrogens with zero attached hydrogens (tertiary/aromatic N) is 2. The summed E-state index contributed by atoms with van der Waals surface area (Å²) >= 11 is 0. The molecule has 0 N–H and O–H groups in total. The number of aryl methyl sites for hydroxylation is 4. The van der Waals surface area contributed by atoms with E-state index in [0.717, 1.165) is 60.7 Å². The Hall–Kier alpha value is -1.41. The summed E-state index contributed by atoms with van der Waals surface area (Å²) < 4.78 is 0. The topological polar surface area (TPSA) is 98.7 Å². The molecule has 170 valence electrons. The maximum Gasteiger partial charge on any atom is 4.00 e. The van der Waals surface area contributed by atoms with E-state index in [1.54, 1.807) is 0 Å². The molecule has 0 fully saturated rings. The third kappa shape index (κ3) is 10.6. The van der Waals surface area contributed by atoms with Gasteiger partial charge in [-0.1, -0.05) is 46.5 Å². The first-order chi connectivity index (χ1) is 14.2. The van der Waals surface area contributed by atoms with Gasteiger partial charge in [0.1, 0.15) is 0 Å². The van der Waals surface area contributed by atoms with Gasteiger partial charge in [-0.15, -0.1) is 11.5 Å². The molecule has 2 rings (SSSR count). The molecule has 0 saturated heterocycles. The molecule has 0 heterocycles. The number of hydrogen-bond acceptors (Lipinski definition) is 6. The Bertz CT molecular complexity index is 719. The van der Waals surface area contributed by atoms with E-state index in [9.17, 15) is 10.2 Å². The van der Waals surface area contributed by atoms with E-state index in [0.29, 0.717) is 13.1 Å². The van der Waals surface area contributed by atoms with Gasteiger partial charge in [-0.25, -0.2) is 0 Å². The van der Waals surface area contributed by atoms with Gasteiger partial charge < -0.3 is 30.2 Å². The Morgan fingerprint density at radius 2 is 0.903 bits per heavy atom. The summed E-state index contributed by atoms with van der Waals surface area (Å²) in [5, 5.41) is 41.0. The maximum atomic E-state index is 12.3. The summed E-state index contributed by atoms with van der Waals surface area (Å²) in [6.07, 6.45) is 0. The van der Waals surface area contributed by atoms with Crippen molar-refractivity contribution < 1.29 is 42.1 Å². The van der Waals surface area contributed by atoms with Crippen LogP contribution >= 0.6 is 0 Å². The van der Waals surface area contributed by atoms with Crippen LogP contribution in [0, 0.1) is 27.7 Å². The first-order valence-electron chi connectivity index (χ1n) is 9.90. The normalized spacial score (nSPS) is 10.1. The number of rotatable bonds is 7. The summed E-state index contributed by atoms with van der Waals surface area (Å²) in [4.78, 5) is 4.32. The maximum absolute atomic E-state index is 12.3. The van der Waals surface area contributed by atoms with Crippen molar-refractivity contribution in [1.29, 1.82) is 0 Å². The second-order valence-corrected chi connectivity index (χ2v) is 7.62. The van der Waals surface area contributed by atoms with E-state index < -0.39 is 0 Å². The summed E-state index contributed by atoms with van der Waals surface area (Å²) in [5.41, 5.74) is 5.57. The van der Waals surface area contributed by atoms with Gasteiger partial charge in [0.15, 0.2) is 0 Å². The fraction of sp³-hybridized carbons (Fsp3) is 0.500. The van der Waals surface area contributed by atoms with E-state index in [1.807, 2.05) is 66.1 Å². The van der Waals surface area contributed by atoms with Gasteiger partial charge in [-0.2, -0.15) is 14.2 Å². The molecule has 0 radical (unpaired) electrons. The molecule has 2 aromatic carbocycles. The number of hydrogen-bond donors (Lipinski definition) is 0. The summed E-state index contributed by atoms with van der Waals surface area (Å²) in [5.74, 6) is 0.282. The second kappa shape index (κ2) is 16.3. The Labute approximate surface area is 203 Å². The molecule has 0 bridgehead atoms.